The summed E-state index contributed by atoms with van der Waals surface area (Å²) in [7, 11) is 0. The van der Waals surface area contributed by atoms with Crippen LogP contribution in [0.5, 0.6) is 0 Å². The largest absolute Gasteiger partial charge is 0.353 e. The molecule has 19 heavy (non-hydrogen) atoms. The van der Waals surface area contributed by atoms with Crippen LogP contribution in [0.25, 0.3) is 0 Å². The molecular formula is C16H30N2O. The molecule has 2 fully saturated rings. The predicted molar refractivity (Wildman–Crippen MR) is 78.6 cm³/mol. The third-order valence-corrected chi connectivity index (χ3v) is 5.45. The van der Waals surface area contributed by atoms with E-state index >= 15 is 0 Å². The van der Waals surface area contributed by atoms with E-state index in [1.165, 1.54) is 12.8 Å². The van der Waals surface area contributed by atoms with E-state index < -0.39 is 0 Å². The van der Waals surface area contributed by atoms with Crippen LogP contribution in [0, 0.1) is 23.7 Å². The Labute approximate surface area is 117 Å². The Balaban J connectivity index is 1.86. The first-order chi connectivity index (χ1) is 8.97. The van der Waals surface area contributed by atoms with Gasteiger partial charge in [0.25, 0.3) is 0 Å². The molecule has 110 valence electrons. The van der Waals surface area contributed by atoms with Gasteiger partial charge in [-0.3, -0.25) is 4.79 Å². The van der Waals surface area contributed by atoms with Crippen molar-refractivity contribution in [1.29, 1.82) is 0 Å². The zero-order chi connectivity index (χ0) is 14.0. The fourth-order valence-corrected chi connectivity index (χ4v) is 3.69. The lowest BCUT2D eigenvalue weighted by Crippen LogP contribution is -2.49. The van der Waals surface area contributed by atoms with Crippen LogP contribution in [0.15, 0.2) is 0 Å². The highest BCUT2D eigenvalue weighted by molar-refractivity contribution is 5.79. The van der Waals surface area contributed by atoms with Crippen molar-refractivity contribution in [3.8, 4) is 0 Å². The Morgan fingerprint density at radius 3 is 2.42 bits per heavy atom. The van der Waals surface area contributed by atoms with Gasteiger partial charge in [-0.2, -0.15) is 0 Å². The number of carbonyl (C=O) groups excluding carboxylic acids is 1. The molecule has 0 aromatic heterocycles. The Morgan fingerprint density at radius 2 is 1.74 bits per heavy atom. The summed E-state index contributed by atoms with van der Waals surface area (Å²) >= 11 is 0. The normalized spacial score (nSPS) is 43.8. The standard InChI is InChI=1S/C16H30N2O/c1-10-4-7-15(17)14(8-10)16(19)18-13-6-5-11(2)12(3)9-13/h10-15H,4-9,17H2,1-3H3,(H,18,19). The fourth-order valence-electron chi connectivity index (χ4n) is 3.69. The van der Waals surface area contributed by atoms with Gasteiger partial charge in [-0.25, -0.2) is 0 Å². The second-order valence-corrected chi connectivity index (χ2v) is 7.16. The summed E-state index contributed by atoms with van der Waals surface area (Å²) in [6.45, 7) is 6.86. The summed E-state index contributed by atoms with van der Waals surface area (Å²) in [5, 5.41) is 3.27. The first-order valence-electron chi connectivity index (χ1n) is 8.03. The van der Waals surface area contributed by atoms with Crippen LogP contribution in [0.1, 0.15) is 59.3 Å². The van der Waals surface area contributed by atoms with Crippen LogP contribution in [0.2, 0.25) is 0 Å². The lowest BCUT2D eigenvalue weighted by molar-refractivity contribution is -0.128. The lowest BCUT2D eigenvalue weighted by Gasteiger charge is -2.36. The van der Waals surface area contributed by atoms with Gasteiger partial charge in [0, 0.05) is 12.1 Å². The molecule has 3 nitrogen and oxygen atoms in total. The molecule has 0 aliphatic heterocycles. The molecule has 1 amide bonds. The van der Waals surface area contributed by atoms with E-state index in [4.69, 9.17) is 5.73 Å². The minimum atomic E-state index is 0.0402. The summed E-state index contributed by atoms with van der Waals surface area (Å²) in [6, 6.07) is 0.444. The Kier molecular flexibility index (Phi) is 4.88. The minimum Gasteiger partial charge on any atom is -0.353 e. The number of hydrogen-bond acceptors (Lipinski definition) is 2. The molecule has 2 aliphatic carbocycles. The topological polar surface area (TPSA) is 55.1 Å². The van der Waals surface area contributed by atoms with Gasteiger partial charge in [0.05, 0.1) is 5.92 Å². The average molecular weight is 266 g/mol. The molecule has 0 aromatic rings. The first kappa shape index (κ1) is 14.8. The molecular weight excluding hydrogens is 236 g/mol. The van der Waals surface area contributed by atoms with Gasteiger partial charge in [0.15, 0.2) is 0 Å². The van der Waals surface area contributed by atoms with Gasteiger partial charge in [0.2, 0.25) is 5.91 Å². The van der Waals surface area contributed by atoms with E-state index in [1.54, 1.807) is 0 Å². The van der Waals surface area contributed by atoms with Crippen molar-refractivity contribution in [3.63, 3.8) is 0 Å². The van der Waals surface area contributed by atoms with Crippen molar-refractivity contribution in [2.75, 3.05) is 0 Å². The zero-order valence-corrected chi connectivity index (χ0v) is 12.7. The quantitative estimate of drug-likeness (QED) is 0.807. The van der Waals surface area contributed by atoms with Crippen molar-refractivity contribution >= 4 is 5.91 Å². The average Bonchev–Trinajstić information content (AvgIpc) is 2.36. The number of hydrogen-bond donors (Lipinski definition) is 2. The number of carbonyl (C=O) groups is 1. The highest BCUT2D eigenvalue weighted by Crippen LogP contribution is 2.31. The SMILES string of the molecule is CC1CCC(N)C(C(=O)NC2CCC(C)C(C)C2)C1. The Morgan fingerprint density at radius 1 is 1.00 bits per heavy atom. The summed E-state index contributed by atoms with van der Waals surface area (Å²) < 4.78 is 0. The Hall–Kier alpha value is -0.570. The number of amides is 1. The maximum Gasteiger partial charge on any atom is 0.224 e. The number of rotatable bonds is 2. The molecule has 2 rings (SSSR count). The lowest BCUT2D eigenvalue weighted by atomic mass is 9.77. The Bertz CT molecular complexity index is 318. The van der Waals surface area contributed by atoms with Crippen molar-refractivity contribution in [2.24, 2.45) is 29.4 Å². The molecule has 6 atom stereocenters. The predicted octanol–water partition coefficient (Wildman–Crippen LogP) is 2.69. The van der Waals surface area contributed by atoms with Gasteiger partial charge in [0.1, 0.15) is 0 Å². The van der Waals surface area contributed by atoms with Crippen molar-refractivity contribution in [3.05, 3.63) is 0 Å². The molecule has 0 saturated heterocycles. The summed E-state index contributed by atoms with van der Waals surface area (Å²) in [5.74, 6) is 2.41. The highest BCUT2D eigenvalue weighted by Gasteiger charge is 2.33. The van der Waals surface area contributed by atoms with Crippen LogP contribution in [0.3, 0.4) is 0 Å². The minimum absolute atomic E-state index is 0.0402. The van der Waals surface area contributed by atoms with Gasteiger partial charge in [-0.15, -0.1) is 0 Å². The number of nitrogens with two attached hydrogens (primary N) is 1. The van der Waals surface area contributed by atoms with Crippen molar-refractivity contribution < 1.29 is 4.79 Å². The molecule has 0 heterocycles. The van der Waals surface area contributed by atoms with E-state index in [0.29, 0.717) is 12.0 Å². The highest BCUT2D eigenvalue weighted by atomic mass is 16.2. The number of nitrogens with one attached hydrogen (secondary N) is 1. The van der Waals surface area contributed by atoms with E-state index in [-0.39, 0.29) is 17.9 Å². The fraction of sp³-hybridized carbons (Fsp3) is 0.938. The first-order valence-corrected chi connectivity index (χ1v) is 8.03. The maximum absolute atomic E-state index is 12.4. The van der Waals surface area contributed by atoms with Crippen LogP contribution in [0.4, 0.5) is 0 Å². The van der Waals surface area contributed by atoms with Crippen LogP contribution >= 0.6 is 0 Å². The van der Waals surface area contributed by atoms with Crippen LogP contribution in [-0.2, 0) is 4.79 Å². The van der Waals surface area contributed by atoms with Crippen molar-refractivity contribution in [1.82, 2.24) is 5.32 Å². The van der Waals surface area contributed by atoms with Crippen molar-refractivity contribution in [2.45, 2.75) is 71.4 Å². The van der Waals surface area contributed by atoms with E-state index in [9.17, 15) is 4.79 Å². The summed E-state index contributed by atoms with van der Waals surface area (Å²) in [5.41, 5.74) is 6.14. The van der Waals surface area contributed by atoms with Gasteiger partial charge < -0.3 is 11.1 Å². The molecule has 6 unspecified atom stereocenters. The van der Waals surface area contributed by atoms with Crippen LogP contribution in [-0.4, -0.2) is 18.0 Å². The molecule has 0 radical (unpaired) electrons. The van der Waals surface area contributed by atoms with Gasteiger partial charge >= 0.3 is 0 Å². The zero-order valence-electron chi connectivity index (χ0n) is 12.7. The molecule has 2 aliphatic rings. The third kappa shape index (κ3) is 3.71. The van der Waals surface area contributed by atoms with Crippen LogP contribution < -0.4 is 11.1 Å². The third-order valence-electron chi connectivity index (χ3n) is 5.45. The second kappa shape index (κ2) is 6.25. The van der Waals surface area contributed by atoms with E-state index in [0.717, 1.165) is 37.5 Å². The second-order valence-electron chi connectivity index (χ2n) is 7.16. The summed E-state index contributed by atoms with van der Waals surface area (Å²) in [4.78, 5) is 12.4. The van der Waals surface area contributed by atoms with Gasteiger partial charge in [-0.05, 0) is 56.3 Å². The van der Waals surface area contributed by atoms with E-state index in [1.807, 2.05) is 0 Å². The molecule has 0 aromatic carbocycles. The molecule has 0 spiro atoms. The molecule has 3 N–H and O–H groups in total. The monoisotopic (exact) mass is 266 g/mol. The van der Waals surface area contributed by atoms with E-state index in [2.05, 4.69) is 26.1 Å². The molecule has 0 bridgehead atoms. The van der Waals surface area contributed by atoms with Gasteiger partial charge in [-0.1, -0.05) is 20.8 Å². The maximum atomic E-state index is 12.4. The smallest absolute Gasteiger partial charge is 0.224 e. The molecule has 3 heteroatoms. The molecule has 2 saturated carbocycles. The summed E-state index contributed by atoms with van der Waals surface area (Å²) in [6.07, 6.45) is 6.63.